The summed E-state index contributed by atoms with van der Waals surface area (Å²) in [7, 11) is 0. The van der Waals surface area contributed by atoms with Crippen LogP contribution in [0.15, 0.2) is 0 Å². The van der Waals surface area contributed by atoms with Crippen molar-refractivity contribution in [3.63, 3.8) is 0 Å². The first kappa shape index (κ1) is 11.4. The van der Waals surface area contributed by atoms with Gasteiger partial charge in [0.1, 0.15) is 0 Å². The van der Waals surface area contributed by atoms with Crippen LogP contribution in [0.25, 0.3) is 0 Å². The summed E-state index contributed by atoms with van der Waals surface area (Å²) in [6, 6.07) is 0. The van der Waals surface area contributed by atoms with Gasteiger partial charge >= 0.3 is 5.97 Å². The van der Waals surface area contributed by atoms with Crippen molar-refractivity contribution in [2.75, 3.05) is 13.1 Å². The summed E-state index contributed by atoms with van der Waals surface area (Å²) in [6.07, 6.45) is 5.15. The van der Waals surface area contributed by atoms with Gasteiger partial charge in [-0.25, -0.2) is 0 Å². The highest BCUT2D eigenvalue weighted by Crippen LogP contribution is 2.33. The zero-order valence-electron chi connectivity index (χ0n) is 9.52. The van der Waals surface area contributed by atoms with E-state index in [1.165, 1.54) is 0 Å². The highest BCUT2D eigenvalue weighted by molar-refractivity contribution is 5.81. The molecule has 1 saturated carbocycles. The summed E-state index contributed by atoms with van der Waals surface area (Å²) in [5, 5.41) is 8.64. The minimum atomic E-state index is -0.731. The minimum Gasteiger partial charge on any atom is -0.481 e. The smallest absolute Gasteiger partial charge is 0.303 e. The number of nitrogens with zero attached hydrogens (tertiary/aromatic N) is 1. The summed E-state index contributed by atoms with van der Waals surface area (Å²) in [6.45, 7) is 1.65. The Morgan fingerprint density at radius 2 is 2.00 bits per heavy atom. The number of hydrogen-bond donors (Lipinski definition) is 1. The van der Waals surface area contributed by atoms with E-state index in [1.54, 1.807) is 0 Å². The summed E-state index contributed by atoms with van der Waals surface area (Å²) in [5.41, 5.74) is 0. The van der Waals surface area contributed by atoms with Crippen LogP contribution in [-0.2, 0) is 9.59 Å². The van der Waals surface area contributed by atoms with Crippen molar-refractivity contribution < 1.29 is 14.7 Å². The number of likely N-dealkylation sites (tertiary alicyclic amines) is 1. The van der Waals surface area contributed by atoms with E-state index in [9.17, 15) is 9.59 Å². The van der Waals surface area contributed by atoms with Crippen LogP contribution in [0.1, 0.15) is 38.5 Å². The molecule has 0 radical (unpaired) electrons. The zero-order valence-corrected chi connectivity index (χ0v) is 9.52. The van der Waals surface area contributed by atoms with E-state index in [0.717, 1.165) is 38.8 Å². The van der Waals surface area contributed by atoms with Gasteiger partial charge < -0.3 is 10.0 Å². The maximum atomic E-state index is 11.9. The first-order valence-corrected chi connectivity index (χ1v) is 6.17. The molecule has 4 heteroatoms. The van der Waals surface area contributed by atoms with Crippen molar-refractivity contribution in [2.24, 2.45) is 11.8 Å². The quantitative estimate of drug-likeness (QED) is 0.788. The molecule has 1 aliphatic heterocycles. The fraction of sp³-hybridized carbons (Fsp3) is 0.833. The van der Waals surface area contributed by atoms with Crippen molar-refractivity contribution in [3.8, 4) is 0 Å². The van der Waals surface area contributed by atoms with Crippen LogP contribution in [0.3, 0.4) is 0 Å². The fourth-order valence-electron chi connectivity index (χ4n) is 2.42. The Balaban J connectivity index is 1.78. The third-order valence-corrected chi connectivity index (χ3v) is 3.52. The zero-order chi connectivity index (χ0) is 11.5. The molecular weight excluding hydrogens is 206 g/mol. The Labute approximate surface area is 95.6 Å². The normalized spacial score (nSPS) is 25.5. The average molecular weight is 225 g/mol. The van der Waals surface area contributed by atoms with Crippen molar-refractivity contribution >= 4 is 11.9 Å². The number of piperidine rings is 1. The van der Waals surface area contributed by atoms with Gasteiger partial charge in [0.25, 0.3) is 0 Å². The van der Waals surface area contributed by atoms with E-state index in [-0.39, 0.29) is 6.42 Å². The van der Waals surface area contributed by atoms with Crippen molar-refractivity contribution in [1.82, 2.24) is 4.90 Å². The Hall–Kier alpha value is -1.06. The van der Waals surface area contributed by atoms with Gasteiger partial charge in [0.2, 0.25) is 5.91 Å². The van der Waals surface area contributed by atoms with Gasteiger partial charge in [-0.3, -0.25) is 9.59 Å². The molecule has 0 aromatic rings. The van der Waals surface area contributed by atoms with Crippen LogP contribution in [-0.4, -0.2) is 35.0 Å². The van der Waals surface area contributed by atoms with Crippen LogP contribution in [0.5, 0.6) is 0 Å². The number of carboxylic acids is 1. The second-order valence-electron chi connectivity index (χ2n) is 5.00. The van der Waals surface area contributed by atoms with Crippen molar-refractivity contribution in [2.45, 2.75) is 38.5 Å². The molecule has 2 rings (SSSR count). The molecule has 90 valence electrons. The molecule has 16 heavy (non-hydrogen) atoms. The largest absolute Gasteiger partial charge is 0.481 e. The Morgan fingerprint density at radius 1 is 1.25 bits per heavy atom. The second kappa shape index (κ2) is 4.85. The number of amides is 1. The Bertz CT molecular complexity index is 286. The number of aliphatic carboxylic acids is 1. The van der Waals surface area contributed by atoms with Crippen LogP contribution < -0.4 is 0 Å². The van der Waals surface area contributed by atoms with Crippen molar-refractivity contribution in [1.29, 1.82) is 0 Å². The molecule has 0 spiro atoms. The number of rotatable bonds is 4. The second-order valence-corrected chi connectivity index (χ2v) is 5.00. The SMILES string of the molecule is O=C(O)CCC1CCCN(C(=O)C2CC2)C1. The lowest BCUT2D eigenvalue weighted by atomic mass is 9.93. The monoisotopic (exact) mass is 225 g/mol. The first-order chi connectivity index (χ1) is 7.66. The molecule has 2 aliphatic rings. The fourth-order valence-corrected chi connectivity index (χ4v) is 2.42. The molecule has 1 aliphatic carbocycles. The van der Waals surface area contributed by atoms with E-state index in [4.69, 9.17) is 5.11 Å². The molecule has 1 heterocycles. The van der Waals surface area contributed by atoms with Crippen LogP contribution in [0, 0.1) is 11.8 Å². The maximum Gasteiger partial charge on any atom is 0.303 e. The van der Waals surface area contributed by atoms with Crippen LogP contribution in [0.4, 0.5) is 0 Å². The van der Waals surface area contributed by atoms with Gasteiger partial charge in [0, 0.05) is 25.4 Å². The number of carbonyl (C=O) groups excluding carboxylic acids is 1. The molecule has 1 atom stereocenters. The minimum absolute atomic E-state index is 0.232. The van der Waals surface area contributed by atoms with Gasteiger partial charge in [-0.2, -0.15) is 0 Å². The molecule has 1 amide bonds. The lowest BCUT2D eigenvalue weighted by molar-refractivity contribution is -0.137. The van der Waals surface area contributed by atoms with E-state index >= 15 is 0 Å². The molecule has 0 aromatic heterocycles. The highest BCUT2D eigenvalue weighted by atomic mass is 16.4. The van der Waals surface area contributed by atoms with Gasteiger partial charge in [-0.1, -0.05) is 0 Å². The average Bonchev–Trinajstić information content (AvgIpc) is 3.09. The first-order valence-electron chi connectivity index (χ1n) is 6.17. The van der Waals surface area contributed by atoms with E-state index in [1.807, 2.05) is 4.90 Å². The predicted octanol–water partition coefficient (Wildman–Crippen LogP) is 1.50. The van der Waals surface area contributed by atoms with Gasteiger partial charge in [-0.15, -0.1) is 0 Å². The third kappa shape index (κ3) is 2.97. The summed E-state index contributed by atoms with van der Waals surface area (Å²) in [5.74, 6) is 0.261. The maximum absolute atomic E-state index is 11.9. The van der Waals surface area contributed by atoms with Gasteiger partial charge in [-0.05, 0) is 38.0 Å². The number of carboxylic acid groups (broad SMARTS) is 1. The number of carbonyl (C=O) groups is 2. The van der Waals surface area contributed by atoms with Crippen LogP contribution >= 0.6 is 0 Å². The molecular formula is C12H19NO3. The lowest BCUT2D eigenvalue weighted by Crippen LogP contribution is -2.40. The summed E-state index contributed by atoms with van der Waals surface area (Å²) < 4.78 is 0. The molecule has 0 bridgehead atoms. The van der Waals surface area contributed by atoms with Gasteiger partial charge in [0.15, 0.2) is 0 Å². The molecule has 1 unspecified atom stereocenters. The predicted molar refractivity (Wildman–Crippen MR) is 58.9 cm³/mol. The Kier molecular flexibility index (Phi) is 3.46. The summed E-state index contributed by atoms with van der Waals surface area (Å²) in [4.78, 5) is 24.3. The summed E-state index contributed by atoms with van der Waals surface area (Å²) >= 11 is 0. The van der Waals surface area contributed by atoms with E-state index < -0.39 is 5.97 Å². The van der Waals surface area contributed by atoms with Crippen LogP contribution in [0.2, 0.25) is 0 Å². The third-order valence-electron chi connectivity index (χ3n) is 3.52. The topological polar surface area (TPSA) is 57.6 Å². The number of hydrogen-bond acceptors (Lipinski definition) is 2. The molecule has 4 nitrogen and oxygen atoms in total. The molecule has 2 fully saturated rings. The molecule has 1 saturated heterocycles. The van der Waals surface area contributed by atoms with Gasteiger partial charge in [0.05, 0.1) is 0 Å². The lowest BCUT2D eigenvalue weighted by Gasteiger charge is -2.32. The van der Waals surface area contributed by atoms with E-state index in [0.29, 0.717) is 24.2 Å². The molecule has 0 aromatic carbocycles. The van der Waals surface area contributed by atoms with E-state index in [2.05, 4.69) is 0 Å². The van der Waals surface area contributed by atoms with Crippen molar-refractivity contribution in [3.05, 3.63) is 0 Å². The highest BCUT2D eigenvalue weighted by Gasteiger charge is 2.35. The molecule has 1 N–H and O–H groups in total. The Morgan fingerprint density at radius 3 is 2.62 bits per heavy atom. The standard InChI is InChI=1S/C12H19NO3/c14-11(15)6-3-9-2-1-7-13(8-9)12(16)10-4-5-10/h9-10H,1-8H2,(H,14,15).